The minimum Gasteiger partial charge on any atom is -0.366 e. The molecule has 1 amide bonds. The summed E-state index contributed by atoms with van der Waals surface area (Å²) >= 11 is 0. The lowest BCUT2D eigenvalue weighted by Gasteiger charge is -2.39. The number of imidazole rings is 1. The molecule has 2 atom stereocenters. The smallest absolute Gasteiger partial charge is 0.248 e. The number of H-pyrrole nitrogens is 1. The zero-order valence-corrected chi connectivity index (χ0v) is 13.1. The zero-order valence-electron chi connectivity index (χ0n) is 13.1. The number of nitrogens with zero attached hydrogens (tertiary/aromatic N) is 2. The molecule has 120 valence electrons. The maximum absolute atomic E-state index is 11.4. The monoisotopic (exact) mass is 310 g/mol. The molecule has 2 aliphatic rings. The SMILES string of the molecule is NC(=O)c1cccc(C2CC3CCC(C2)N3Cc2cnc[nH]2)c1. The van der Waals surface area contributed by atoms with Crippen molar-refractivity contribution in [3.63, 3.8) is 0 Å². The van der Waals surface area contributed by atoms with Crippen molar-refractivity contribution >= 4 is 5.91 Å². The highest BCUT2D eigenvalue weighted by atomic mass is 16.1. The van der Waals surface area contributed by atoms with Crippen molar-refractivity contribution in [2.24, 2.45) is 5.73 Å². The van der Waals surface area contributed by atoms with Gasteiger partial charge in [0, 0.05) is 36.1 Å². The van der Waals surface area contributed by atoms with Crippen LogP contribution in [0.2, 0.25) is 0 Å². The number of hydrogen-bond donors (Lipinski definition) is 2. The molecule has 1 aromatic carbocycles. The molecular formula is C18H22N4O. The number of primary amides is 1. The van der Waals surface area contributed by atoms with E-state index < -0.39 is 0 Å². The van der Waals surface area contributed by atoms with Gasteiger partial charge in [0.2, 0.25) is 5.91 Å². The first-order valence-corrected chi connectivity index (χ1v) is 8.33. The van der Waals surface area contributed by atoms with Gasteiger partial charge in [-0.1, -0.05) is 12.1 Å². The van der Waals surface area contributed by atoms with E-state index in [1.807, 2.05) is 18.3 Å². The van der Waals surface area contributed by atoms with Gasteiger partial charge in [0.15, 0.2) is 0 Å². The fraction of sp³-hybridized carbons (Fsp3) is 0.444. The van der Waals surface area contributed by atoms with Crippen LogP contribution >= 0.6 is 0 Å². The Morgan fingerprint density at radius 3 is 2.74 bits per heavy atom. The van der Waals surface area contributed by atoms with Crippen molar-refractivity contribution in [1.82, 2.24) is 14.9 Å². The molecule has 1 aromatic heterocycles. The second-order valence-electron chi connectivity index (χ2n) is 6.79. The number of hydrogen-bond acceptors (Lipinski definition) is 3. The Kier molecular flexibility index (Phi) is 3.65. The lowest BCUT2D eigenvalue weighted by Crippen LogP contribution is -2.41. The molecule has 0 saturated carbocycles. The van der Waals surface area contributed by atoms with Crippen LogP contribution in [0.4, 0.5) is 0 Å². The predicted octanol–water partition coefficient (Wildman–Crippen LogP) is 2.42. The summed E-state index contributed by atoms with van der Waals surface area (Å²) in [4.78, 5) is 21.4. The number of nitrogens with one attached hydrogen (secondary N) is 1. The van der Waals surface area contributed by atoms with E-state index in [1.54, 1.807) is 12.4 Å². The average Bonchev–Trinajstić information content (AvgIpc) is 3.14. The Bertz CT molecular complexity index is 683. The molecule has 2 aromatic rings. The van der Waals surface area contributed by atoms with Gasteiger partial charge in [0.05, 0.1) is 6.33 Å². The number of carbonyl (C=O) groups is 1. The van der Waals surface area contributed by atoms with Crippen LogP contribution in [-0.4, -0.2) is 32.9 Å². The van der Waals surface area contributed by atoms with Crippen LogP contribution in [0, 0.1) is 0 Å². The molecule has 5 heteroatoms. The second-order valence-corrected chi connectivity index (χ2v) is 6.79. The van der Waals surface area contributed by atoms with Crippen LogP contribution in [0.1, 0.15) is 53.2 Å². The molecule has 2 saturated heterocycles. The molecule has 2 fully saturated rings. The van der Waals surface area contributed by atoms with Crippen molar-refractivity contribution in [2.45, 2.75) is 50.2 Å². The molecule has 2 unspecified atom stereocenters. The average molecular weight is 310 g/mol. The fourth-order valence-corrected chi connectivity index (χ4v) is 4.32. The van der Waals surface area contributed by atoms with E-state index in [4.69, 9.17) is 5.73 Å². The minimum absolute atomic E-state index is 0.341. The largest absolute Gasteiger partial charge is 0.366 e. The third kappa shape index (κ3) is 2.77. The number of benzene rings is 1. The molecule has 5 nitrogen and oxygen atoms in total. The maximum atomic E-state index is 11.4. The van der Waals surface area contributed by atoms with E-state index in [-0.39, 0.29) is 5.91 Å². The lowest BCUT2D eigenvalue weighted by atomic mass is 9.84. The molecule has 2 aliphatic heterocycles. The van der Waals surface area contributed by atoms with Gasteiger partial charge in [-0.2, -0.15) is 0 Å². The van der Waals surface area contributed by atoms with Crippen molar-refractivity contribution in [2.75, 3.05) is 0 Å². The number of fused-ring (bicyclic) bond motifs is 2. The number of rotatable bonds is 4. The van der Waals surface area contributed by atoms with Gasteiger partial charge in [0.25, 0.3) is 0 Å². The van der Waals surface area contributed by atoms with Gasteiger partial charge in [-0.3, -0.25) is 9.69 Å². The van der Waals surface area contributed by atoms with Gasteiger partial charge < -0.3 is 10.7 Å². The molecule has 2 bridgehead atoms. The van der Waals surface area contributed by atoms with Gasteiger partial charge in [-0.15, -0.1) is 0 Å². The molecule has 0 radical (unpaired) electrons. The first-order chi connectivity index (χ1) is 11.2. The molecule has 4 rings (SSSR count). The summed E-state index contributed by atoms with van der Waals surface area (Å²) in [5, 5.41) is 0. The Balaban J connectivity index is 1.51. The third-order valence-corrected chi connectivity index (χ3v) is 5.43. The highest BCUT2D eigenvalue weighted by molar-refractivity contribution is 5.92. The summed E-state index contributed by atoms with van der Waals surface area (Å²) in [5.41, 5.74) is 8.49. The standard InChI is InChI=1S/C18H22N4O/c19-18(23)13-3-1-2-12(6-13)14-7-16-4-5-17(8-14)22(16)10-15-9-20-11-21-15/h1-3,6,9,11,14,16-17H,4-5,7-8,10H2,(H2,19,23)(H,20,21). The highest BCUT2D eigenvalue weighted by Gasteiger charge is 2.41. The van der Waals surface area contributed by atoms with Gasteiger partial charge in [-0.05, 0) is 49.3 Å². The first kappa shape index (κ1) is 14.5. The summed E-state index contributed by atoms with van der Waals surface area (Å²) in [6.07, 6.45) is 8.52. The second kappa shape index (κ2) is 5.81. The number of aromatic nitrogens is 2. The summed E-state index contributed by atoms with van der Waals surface area (Å²) < 4.78 is 0. The summed E-state index contributed by atoms with van der Waals surface area (Å²) in [6.45, 7) is 0.962. The molecule has 3 N–H and O–H groups in total. The molecule has 0 spiro atoms. The topological polar surface area (TPSA) is 75.0 Å². The van der Waals surface area contributed by atoms with Crippen molar-refractivity contribution < 1.29 is 4.79 Å². The molecule has 3 heterocycles. The van der Waals surface area contributed by atoms with Crippen LogP contribution in [-0.2, 0) is 6.54 Å². The van der Waals surface area contributed by atoms with Crippen LogP contribution < -0.4 is 5.73 Å². The van der Waals surface area contributed by atoms with E-state index in [9.17, 15) is 4.79 Å². The number of aromatic amines is 1. The highest BCUT2D eigenvalue weighted by Crippen LogP contribution is 2.43. The molecule has 0 aliphatic carbocycles. The lowest BCUT2D eigenvalue weighted by molar-refractivity contribution is 0.0999. The summed E-state index contributed by atoms with van der Waals surface area (Å²) in [7, 11) is 0. The van der Waals surface area contributed by atoms with Crippen LogP contribution in [0.25, 0.3) is 0 Å². The van der Waals surface area contributed by atoms with Crippen molar-refractivity contribution in [3.05, 3.63) is 53.6 Å². The van der Waals surface area contributed by atoms with E-state index in [1.165, 1.54) is 24.1 Å². The predicted molar refractivity (Wildman–Crippen MR) is 87.9 cm³/mol. The summed E-state index contributed by atoms with van der Waals surface area (Å²) in [6, 6.07) is 9.12. The maximum Gasteiger partial charge on any atom is 0.248 e. The van der Waals surface area contributed by atoms with Gasteiger partial charge >= 0.3 is 0 Å². The summed E-state index contributed by atoms with van der Waals surface area (Å²) in [5.74, 6) is 0.191. The van der Waals surface area contributed by atoms with Crippen LogP contribution in [0.3, 0.4) is 0 Å². The van der Waals surface area contributed by atoms with E-state index in [2.05, 4.69) is 20.9 Å². The number of piperidine rings is 1. The number of nitrogens with two attached hydrogens (primary N) is 1. The number of amides is 1. The minimum atomic E-state index is -0.341. The van der Waals surface area contributed by atoms with E-state index in [0.29, 0.717) is 23.6 Å². The Morgan fingerprint density at radius 1 is 1.30 bits per heavy atom. The van der Waals surface area contributed by atoms with Gasteiger partial charge in [-0.25, -0.2) is 4.98 Å². The third-order valence-electron chi connectivity index (χ3n) is 5.43. The molecular weight excluding hydrogens is 288 g/mol. The normalized spacial score (nSPS) is 27.2. The van der Waals surface area contributed by atoms with Crippen molar-refractivity contribution in [1.29, 1.82) is 0 Å². The Morgan fingerprint density at radius 2 is 2.09 bits per heavy atom. The number of carbonyl (C=O) groups excluding carboxylic acids is 1. The Hall–Kier alpha value is -2.14. The zero-order chi connectivity index (χ0) is 15.8. The molecule has 23 heavy (non-hydrogen) atoms. The Labute approximate surface area is 135 Å². The van der Waals surface area contributed by atoms with E-state index in [0.717, 1.165) is 19.4 Å². The van der Waals surface area contributed by atoms with Gasteiger partial charge in [0.1, 0.15) is 0 Å². The first-order valence-electron chi connectivity index (χ1n) is 8.33. The van der Waals surface area contributed by atoms with Crippen molar-refractivity contribution in [3.8, 4) is 0 Å². The van der Waals surface area contributed by atoms with Crippen LogP contribution in [0.5, 0.6) is 0 Å². The van der Waals surface area contributed by atoms with E-state index >= 15 is 0 Å². The fourth-order valence-electron chi connectivity index (χ4n) is 4.32. The quantitative estimate of drug-likeness (QED) is 0.910. The van der Waals surface area contributed by atoms with Crippen LogP contribution in [0.15, 0.2) is 36.8 Å².